The van der Waals surface area contributed by atoms with E-state index in [0.717, 1.165) is 33.5 Å². The van der Waals surface area contributed by atoms with Crippen LogP contribution in [-0.2, 0) is 4.79 Å². The molecule has 2 amide bonds. The number of fused-ring (bicyclic) bond motifs is 1. The molecule has 1 N–H and O–H groups in total. The number of hydrogen-bond donors (Lipinski definition) is 1. The van der Waals surface area contributed by atoms with Crippen molar-refractivity contribution in [3.05, 3.63) is 40.9 Å². The van der Waals surface area contributed by atoms with E-state index >= 15 is 0 Å². The summed E-state index contributed by atoms with van der Waals surface area (Å²) < 4.78 is 0. The van der Waals surface area contributed by atoms with Crippen molar-refractivity contribution in [1.29, 1.82) is 0 Å². The fourth-order valence-electron chi connectivity index (χ4n) is 3.28. The van der Waals surface area contributed by atoms with Gasteiger partial charge < -0.3 is 10.2 Å². The summed E-state index contributed by atoms with van der Waals surface area (Å²) in [6, 6.07) is 3.94. The molecular formula is C18H21N3O2S. The quantitative estimate of drug-likeness (QED) is 0.872. The molecule has 0 atom stereocenters. The Morgan fingerprint density at radius 1 is 1.38 bits per heavy atom. The minimum absolute atomic E-state index is 0.0248. The van der Waals surface area contributed by atoms with Crippen molar-refractivity contribution in [2.24, 2.45) is 0 Å². The average molecular weight is 343 g/mol. The highest BCUT2D eigenvalue weighted by Crippen LogP contribution is 2.39. The van der Waals surface area contributed by atoms with Gasteiger partial charge in [-0.25, -0.2) is 4.98 Å². The van der Waals surface area contributed by atoms with Crippen molar-refractivity contribution in [2.45, 2.75) is 25.7 Å². The van der Waals surface area contributed by atoms with Crippen LogP contribution in [0.3, 0.4) is 0 Å². The third-order valence-corrected chi connectivity index (χ3v) is 5.62. The van der Waals surface area contributed by atoms with Crippen molar-refractivity contribution in [1.82, 2.24) is 15.2 Å². The number of thiophene rings is 1. The zero-order valence-electron chi connectivity index (χ0n) is 14.0. The van der Waals surface area contributed by atoms with Crippen LogP contribution in [0.5, 0.6) is 0 Å². The number of carbonyl (C=O) groups is 2. The molecule has 0 saturated carbocycles. The number of amides is 2. The summed E-state index contributed by atoms with van der Waals surface area (Å²) in [7, 11) is 1.65. The molecule has 0 aromatic carbocycles. The van der Waals surface area contributed by atoms with E-state index in [9.17, 15) is 9.59 Å². The van der Waals surface area contributed by atoms with Crippen LogP contribution in [0.1, 0.15) is 40.9 Å². The highest BCUT2D eigenvalue weighted by molar-refractivity contribution is 7.20. The highest BCUT2D eigenvalue weighted by atomic mass is 32.1. The third-order valence-electron chi connectivity index (χ3n) is 4.49. The van der Waals surface area contributed by atoms with Crippen LogP contribution >= 0.6 is 11.3 Å². The lowest BCUT2D eigenvalue weighted by Gasteiger charge is -2.32. The summed E-state index contributed by atoms with van der Waals surface area (Å²) in [6.07, 6.45) is 3.46. The molecule has 6 heteroatoms. The molecule has 3 rings (SSSR count). The number of nitrogens with zero attached hydrogens (tertiary/aromatic N) is 2. The second-order valence-corrected chi connectivity index (χ2v) is 7.13. The first kappa shape index (κ1) is 16.6. The van der Waals surface area contributed by atoms with Gasteiger partial charge in [0.2, 0.25) is 5.91 Å². The van der Waals surface area contributed by atoms with E-state index < -0.39 is 0 Å². The standard InChI is InChI=1S/C18H21N3O2S/c1-11(2)18(23)21-9-6-12(7-10-21)14-13-5-4-8-20-17(13)24-15(14)16(22)19-3/h4-5,8,12H,1,6-7,9-10H2,2-3H3,(H,19,22). The maximum atomic E-state index is 12.3. The Morgan fingerprint density at radius 2 is 2.08 bits per heavy atom. The van der Waals surface area contributed by atoms with E-state index in [1.807, 2.05) is 17.0 Å². The Bertz CT molecular complexity index is 804. The fourth-order valence-corrected chi connectivity index (χ4v) is 4.46. The first-order valence-corrected chi connectivity index (χ1v) is 8.88. The lowest BCUT2D eigenvalue weighted by Crippen LogP contribution is -2.38. The van der Waals surface area contributed by atoms with Crippen LogP contribution in [0.25, 0.3) is 10.2 Å². The Labute approximate surface area is 145 Å². The lowest BCUT2D eigenvalue weighted by atomic mass is 9.87. The molecule has 1 saturated heterocycles. The monoisotopic (exact) mass is 343 g/mol. The molecule has 0 bridgehead atoms. The highest BCUT2D eigenvalue weighted by Gasteiger charge is 2.29. The molecular weight excluding hydrogens is 322 g/mol. The Morgan fingerprint density at radius 3 is 2.71 bits per heavy atom. The second-order valence-electron chi connectivity index (χ2n) is 6.13. The Balaban J connectivity index is 1.91. The maximum Gasteiger partial charge on any atom is 0.261 e. The van der Waals surface area contributed by atoms with Crippen LogP contribution in [0, 0.1) is 0 Å². The summed E-state index contributed by atoms with van der Waals surface area (Å²) in [4.78, 5) is 32.3. The van der Waals surface area contributed by atoms with E-state index in [2.05, 4.69) is 16.9 Å². The predicted molar refractivity (Wildman–Crippen MR) is 96.4 cm³/mol. The van der Waals surface area contributed by atoms with Gasteiger partial charge in [-0.1, -0.05) is 12.6 Å². The van der Waals surface area contributed by atoms with Gasteiger partial charge in [0, 0.05) is 37.3 Å². The molecule has 126 valence electrons. The van der Waals surface area contributed by atoms with Gasteiger partial charge in [0.25, 0.3) is 5.91 Å². The maximum absolute atomic E-state index is 12.3. The van der Waals surface area contributed by atoms with Gasteiger partial charge >= 0.3 is 0 Å². The molecule has 0 aliphatic carbocycles. The summed E-state index contributed by atoms with van der Waals surface area (Å²) in [5.74, 6) is 0.231. The zero-order chi connectivity index (χ0) is 17.3. The molecule has 1 fully saturated rings. The van der Waals surface area contributed by atoms with Crippen LogP contribution in [0.4, 0.5) is 0 Å². The number of pyridine rings is 1. The van der Waals surface area contributed by atoms with Gasteiger partial charge in [-0.2, -0.15) is 0 Å². The van der Waals surface area contributed by atoms with Crippen molar-refractivity contribution in [3.63, 3.8) is 0 Å². The molecule has 3 heterocycles. The van der Waals surface area contributed by atoms with Gasteiger partial charge in [0.05, 0.1) is 4.88 Å². The molecule has 0 unspecified atom stereocenters. The molecule has 2 aromatic heterocycles. The second kappa shape index (κ2) is 6.73. The summed E-state index contributed by atoms with van der Waals surface area (Å²) >= 11 is 1.44. The van der Waals surface area contributed by atoms with Crippen LogP contribution in [0.15, 0.2) is 30.5 Å². The largest absolute Gasteiger partial charge is 0.354 e. The fraction of sp³-hybridized carbons (Fsp3) is 0.389. The minimum Gasteiger partial charge on any atom is -0.354 e. The zero-order valence-corrected chi connectivity index (χ0v) is 14.8. The number of rotatable bonds is 3. The number of piperidine rings is 1. The van der Waals surface area contributed by atoms with E-state index in [1.165, 1.54) is 11.3 Å². The van der Waals surface area contributed by atoms with E-state index in [-0.39, 0.29) is 17.7 Å². The van der Waals surface area contributed by atoms with Crippen molar-refractivity contribution >= 4 is 33.4 Å². The minimum atomic E-state index is -0.0616. The Hall–Kier alpha value is -2.21. The average Bonchev–Trinajstić information content (AvgIpc) is 3.00. The summed E-state index contributed by atoms with van der Waals surface area (Å²) in [5.41, 5.74) is 1.66. The van der Waals surface area contributed by atoms with E-state index in [1.54, 1.807) is 20.2 Å². The lowest BCUT2D eigenvalue weighted by molar-refractivity contribution is -0.128. The first-order valence-electron chi connectivity index (χ1n) is 8.07. The van der Waals surface area contributed by atoms with Gasteiger partial charge in [0.1, 0.15) is 4.83 Å². The predicted octanol–water partition coefficient (Wildman–Crippen LogP) is 2.94. The number of hydrogen-bond acceptors (Lipinski definition) is 4. The molecule has 24 heavy (non-hydrogen) atoms. The summed E-state index contributed by atoms with van der Waals surface area (Å²) in [6.45, 7) is 6.88. The van der Waals surface area contributed by atoms with Gasteiger partial charge in [-0.05, 0) is 37.3 Å². The Kier molecular flexibility index (Phi) is 4.66. The third kappa shape index (κ3) is 2.94. The number of likely N-dealkylation sites (tertiary alicyclic amines) is 1. The molecule has 0 spiro atoms. The molecule has 1 aliphatic rings. The van der Waals surface area contributed by atoms with Crippen LogP contribution < -0.4 is 5.32 Å². The van der Waals surface area contributed by atoms with Crippen molar-refractivity contribution < 1.29 is 9.59 Å². The molecule has 2 aromatic rings. The van der Waals surface area contributed by atoms with E-state index in [4.69, 9.17) is 0 Å². The van der Waals surface area contributed by atoms with E-state index in [0.29, 0.717) is 18.7 Å². The van der Waals surface area contributed by atoms with Crippen molar-refractivity contribution in [3.8, 4) is 0 Å². The molecule has 1 aliphatic heterocycles. The summed E-state index contributed by atoms with van der Waals surface area (Å²) in [5, 5.41) is 3.79. The van der Waals surface area contributed by atoms with Crippen LogP contribution in [-0.4, -0.2) is 41.8 Å². The molecule has 5 nitrogen and oxygen atoms in total. The number of nitrogens with one attached hydrogen (secondary N) is 1. The number of aromatic nitrogens is 1. The smallest absolute Gasteiger partial charge is 0.261 e. The van der Waals surface area contributed by atoms with Crippen molar-refractivity contribution in [2.75, 3.05) is 20.1 Å². The topological polar surface area (TPSA) is 62.3 Å². The van der Waals surface area contributed by atoms with Gasteiger partial charge in [0.15, 0.2) is 0 Å². The van der Waals surface area contributed by atoms with Gasteiger partial charge in [-0.3, -0.25) is 9.59 Å². The SMILES string of the molecule is C=C(C)C(=O)N1CCC(c2c(C(=O)NC)sc3ncccc23)CC1. The number of carbonyl (C=O) groups excluding carboxylic acids is 2. The normalized spacial score (nSPS) is 15.5. The first-order chi connectivity index (χ1) is 11.5. The molecule has 0 radical (unpaired) electrons. The van der Waals surface area contributed by atoms with Gasteiger partial charge in [-0.15, -0.1) is 11.3 Å². The van der Waals surface area contributed by atoms with Crippen LogP contribution in [0.2, 0.25) is 0 Å².